The number of hydrogen-bond donors (Lipinski definition) is 1. The van der Waals surface area contributed by atoms with Crippen LogP contribution in [0.25, 0.3) is 0 Å². The summed E-state index contributed by atoms with van der Waals surface area (Å²) in [7, 11) is 0. The second-order valence-corrected chi connectivity index (χ2v) is 7.56. The number of hydrogen-bond acceptors (Lipinski definition) is 4. The molecule has 1 fully saturated rings. The van der Waals surface area contributed by atoms with Crippen LogP contribution in [0.1, 0.15) is 46.4 Å². The minimum atomic E-state index is -0.830. The first kappa shape index (κ1) is 17.6. The number of aromatic nitrogens is 1. The third-order valence-electron chi connectivity index (χ3n) is 4.81. The highest BCUT2D eigenvalue weighted by Crippen LogP contribution is 2.26. The highest BCUT2D eigenvalue weighted by Gasteiger charge is 2.36. The number of thiazole rings is 1. The number of carboxylic acids is 1. The van der Waals surface area contributed by atoms with E-state index in [1.165, 1.54) is 16.9 Å². The molecule has 1 aliphatic heterocycles. The summed E-state index contributed by atoms with van der Waals surface area (Å²) in [5.41, 5.74) is 2.80. The fourth-order valence-corrected chi connectivity index (χ4v) is 4.08. The largest absolute Gasteiger partial charge is 0.481 e. The van der Waals surface area contributed by atoms with Crippen molar-refractivity contribution in [2.75, 3.05) is 6.54 Å². The Labute approximate surface area is 151 Å². The quantitative estimate of drug-likeness (QED) is 0.910. The van der Waals surface area contributed by atoms with Crippen molar-refractivity contribution in [3.8, 4) is 0 Å². The molecule has 6 heteroatoms. The van der Waals surface area contributed by atoms with E-state index in [-0.39, 0.29) is 11.9 Å². The molecule has 0 aliphatic carbocycles. The maximum absolute atomic E-state index is 12.8. The van der Waals surface area contributed by atoms with E-state index in [1.807, 2.05) is 13.8 Å². The molecule has 1 aromatic carbocycles. The van der Waals surface area contributed by atoms with Crippen molar-refractivity contribution in [3.05, 3.63) is 51.5 Å². The summed E-state index contributed by atoms with van der Waals surface area (Å²) in [5.74, 6) is -1.49. The van der Waals surface area contributed by atoms with Crippen molar-refractivity contribution in [2.45, 2.75) is 39.2 Å². The van der Waals surface area contributed by atoms with Gasteiger partial charge in [0, 0.05) is 24.4 Å². The van der Waals surface area contributed by atoms with Crippen molar-refractivity contribution in [3.63, 3.8) is 0 Å². The molecular formula is C19H22N2O3S. The summed E-state index contributed by atoms with van der Waals surface area (Å²) in [4.78, 5) is 30.3. The van der Waals surface area contributed by atoms with Gasteiger partial charge in [0.1, 0.15) is 5.69 Å². The Balaban J connectivity index is 1.71. The van der Waals surface area contributed by atoms with Gasteiger partial charge >= 0.3 is 5.97 Å². The second-order valence-electron chi connectivity index (χ2n) is 6.61. The van der Waals surface area contributed by atoms with Crippen LogP contribution in [0.5, 0.6) is 0 Å². The van der Waals surface area contributed by atoms with Crippen LogP contribution in [-0.4, -0.2) is 39.5 Å². The molecule has 0 spiro atoms. The van der Waals surface area contributed by atoms with Crippen molar-refractivity contribution >= 4 is 23.2 Å². The van der Waals surface area contributed by atoms with E-state index in [9.17, 15) is 14.7 Å². The first-order valence-corrected chi connectivity index (χ1v) is 9.37. The van der Waals surface area contributed by atoms with Crippen LogP contribution in [-0.2, 0) is 11.2 Å². The fraction of sp³-hybridized carbons (Fsp3) is 0.421. The summed E-state index contributed by atoms with van der Waals surface area (Å²) >= 11 is 1.47. The van der Waals surface area contributed by atoms with E-state index in [1.54, 1.807) is 10.3 Å². The third kappa shape index (κ3) is 3.90. The highest BCUT2D eigenvalue weighted by molar-refractivity contribution is 7.09. The predicted molar refractivity (Wildman–Crippen MR) is 97.0 cm³/mol. The monoisotopic (exact) mass is 358 g/mol. The number of aliphatic carboxylic acids is 1. The maximum Gasteiger partial charge on any atom is 0.308 e. The Kier molecular flexibility index (Phi) is 5.18. The number of carbonyl (C=O) groups is 2. The van der Waals surface area contributed by atoms with Crippen LogP contribution in [0, 0.1) is 12.8 Å². The maximum atomic E-state index is 12.8. The number of piperidine rings is 1. The van der Waals surface area contributed by atoms with E-state index in [4.69, 9.17) is 0 Å². The SMILES string of the molecule is Cc1ccc(Cc2nc(C(=O)N3CCC[C@@H](C(=O)O)[C@H]3C)cs2)cc1. The highest BCUT2D eigenvalue weighted by atomic mass is 32.1. The minimum absolute atomic E-state index is 0.162. The third-order valence-corrected chi connectivity index (χ3v) is 5.66. The predicted octanol–water partition coefficient (Wildman–Crippen LogP) is 3.37. The van der Waals surface area contributed by atoms with Crippen molar-refractivity contribution in [1.82, 2.24) is 9.88 Å². The van der Waals surface area contributed by atoms with Gasteiger partial charge in [-0.05, 0) is 32.3 Å². The second kappa shape index (κ2) is 7.35. The van der Waals surface area contributed by atoms with Gasteiger partial charge in [-0.3, -0.25) is 9.59 Å². The Bertz CT molecular complexity index is 769. The molecule has 0 unspecified atom stereocenters. The molecule has 1 aromatic heterocycles. The molecule has 0 bridgehead atoms. The fourth-order valence-electron chi connectivity index (χ4n) is 3.28. The number of carbonyl (C=O) groups excluding carboxylic acids is 1. The molecule has 25 heavy (non-hydrogen) atoms. The smallest absolute Gasteiger partial charge is 0.308 e. The van der Waals surface area contributed by atoms with Gasteiger partial charge in [-0.1, -0.05) is 29.8 Å². The molecule has 0 saturated carbocycles. The average molecular weight is 358 g/mol. The van der Waals surface area contributed by atoms with Crippen LogP contribution in [0.3, 0.4) is 0 Å². The Morgan fingerprint density at radius 2 is 2.04 bits per heavy atom. The van der Waals surface area contributed by atoms with E-state index < -0.39 is 11.9 Å². The normalized spacial score (nSPS) is 20.5. The minimum Gasteiger partial charge on any atom is -0.481 e. The molecule has 1 aliphatic rings. The van der Waals surface area contributed by atoms with E-state index in [0.717, 1.165) is 10.6 Å². The molecule has 2 aromatic rings. The van der Waals surface area contributed by atoms with Crippen molar-refractivity contribution < 1.29 is 14.7 Å². The molecule has 5 nitrogen and oxygen atoms in total. The van der Waals surface area contributed by atoms with Gasteiger partial charge in [0.2, 0.25) is 0 Å². The van der Waals surface area contributed by atoms with Gasteiger partial charge in [-0.25, -0.2) is 4.98 Å². The lowest BCUT2D eigenvalue weighted by molar-refractivity contribution is -0.144. The van der Waals surface area contributed by atoms with Gasteiger partial charge in [0.25, 0.3) is 5.91 Å². The van der Waals surface area contributed by atoms with Crippen molar-refractivity contribution in [2.24, 2.45) is 5.92 Å². The Hall–Kier alpha value is -2.21. The lowest BCUT2D eigenvalue weighted by Crippen LogP contribution is -2.49. The number of aryl methyl sites for hydroxylation is 1. The first-order valence-electron chi connectivity index (χ1n) is 8.49. The summed E-state index contributed by atoms with van der Waals surface area (Å²) in [6.45, 7) is 4.46. The number of carboxylic acid groups (broad SMARTS) is 1. The van der Waals surface area contributed by atoms with Crippen LogP contribution >= 0.6 is 11.3 Å². The lowest BCUT2D eigenvalue weighted by atomic mass is 9.90. The van der Waals surface area contributed by atoms with E-state index in [2.05, 4.69) is 29.2 Å². The molecule has 0 radical (unpaired) electrons. The van der Waals surface area contributed by atoms with Gasteiger partial charge < -0.3 is 10.0 Å². The zero-order valence-electron chi connectivity index (χ0n) is 14.4. The first-order chi connectivity index (χ1) is 12.0. The molecule has 1 saturated heterocycles. The molecular weight excluding hydrogens is 336 g/mol. The zero-order valence-corrected chi connectivity index (χ0v) is 15.3. The van der Waals surface area contributed by atoms with Gasteiger partial charge in [-0.2, -0.15) is 0 Å². The number of likely N-dealkylation sites (tertiary alicyclic amines) is 1. The van der Waals surface area contributed by atoms with Crippen LogP contribution in [0.4, 0.5) is 0 Å². The summed E-state index contributed by atoms with van der Waals surface area (Å²) in [5, 5.41) is 12.0. The van der Waals surface area contributed by atoms with E-state index >= 15 is 0 Å². The Morgan fingerprint density at radius 3 is 2.72 bits per heavy atom. The number of benzene rings is 1. The number of nitrogens with zero attached hydrogens (tertiary/aromatic N) is 2. The topological polar surface area (TPSA) is 70.5 Å². The summed E-state index contributed by atoms with van der Waals surface area (Å²) in [6, 6.07) is 7.97. The number of amides is 1. The zero-order chi connectivity index (χ0) is 18.0. The van der Waals surface area contributed by atoms with Gasteiger partial charge in [-0.15, -0.1) is 11.3 Å². The lowest BCUT2D eigenvalue weighted by Gasteiger charge is -2.37. The molecule has 2 atom stereocenters. The standard InChI is InChI=1S/C19H22N2O3S/c1-12-5-7-14(8-6-12)10-17-20-16(11-25-17)18(22)21-9-3-4-15(13(21)2)19(23)24/h5-8,11,13,15H,3-4,9-10H2,1-2H3,(H,23,24)/t13-,15-/m1/s1. The molecule has 2 heterocycles. The van der Waals surface area contributed by atoms with Gasteiger partial charge in [0.15, 0.2) is 0 Å². The van der Waals surface area contributed by atoms with Crippen LogP contribution in [0.2, 0.25) is 0 Å². The molecule has 1 amide bonds. The number of rotatable bonds is 4. The van der Waals surface area contributed by atoms with Crippen LogP contribution < -0.4 is 0 Å². The summed E-state index contributed by atoms with van der Waals surface area (Å²) in [6.07, 6.45) is 2.04. The Morgan fingerprint density at radius 1 is 1.32 bits per heavy atom. The van der Waals surface area contributed by atoms with Crippen LogP contribution in [0.15, 0.2) is 29.6 Å². The van der Waals surface area contributed by atoms with Gasteiger partial charge in [0.05, 0.1) is 10.9 Å². The summed E-state index contributed by atoms with van der Waals surface area (Å²) < 4.78 is 0. The average Bonchev–Trinajstić information content (AvgIpc) is 3.05. The molecule has 3 rings (SSSR count). The van der Waals surface area contributed by atoms with Crippen molar-refractivity contribution in [1.29, 1.82) is 0 Å². The van der Waals surface area contributed by atoms with E-state index in [0.29, 0.717) is 31.5 Å². The molecule has 132 valence electrons. The molecule has 1 N–H and O–H groups in total.